The Kier molecular flexibility index (Phi) is 7.15. The first-order valence-corrected chi connectivity index (χ1v) is 12.1. The lowest BCUT2D eigenvalue weighted by molar-refractivity contribution is -0.117. The van der Waals surface area contributed by atoms with Crippen LogP contribution in [0.3, 0.4) is 0 Å². The molecule has 1 saturated carbocycles. The van der Waals surface area contributed by atoms with Gasteiger partial charge in [0, 0.05) is 25.4 Å². The summed E-state index contributed by atoms with van der Waals surface area (Å²) >= 11 is 6.19. The summed E-state index contributed by atoms with van der Waals surface area (Å²) in [7, 11) is 1.54. The SMILES string of the molecule is C[C@@H](OC(=O)Nc1c(-c2ccc(NC(=O)C3CC3c3ccncc3Cl)cn2)nnn1C)c1cc(F)cnc1F. The molecule has 200 valence electrons. The van der Waals surface area contributed by atoms with E-state index in [0.29, 0.717) is 22.8 Å². The van der Waals surface area contributed by atoms with Crippen molar-refractivity contribution in [1.29, 1.82) is 0 Å². The highest BCUT2D eigenvalue weighted by Gasteiger charge is 2.44. The Morgan fingerprint density at radius 3 is 2.72 bits per heavy atom. The van der Waals surface area contributed by atoms with Gasteiger partial charge in [0.25, 0.3) is 0 Å². The van der Waals surface area contributed by atoms with Gasteiger partial charge in [-0.25, -0.2) is 18.9 Å². The van der Waals surface area contributed by atoms with Crippen LogP contribution >= 0.6 is 11.6 Å². The second-order valence-electron chi connectivity index (χ2n) is 8.88. The Labute approximate surface area is 225 Å². The molecule has 39 heavy (non-hydrogen) atoms. The van der Waals surface area contributed by atoms with Gasteiger partial charge in [-0.05, 0) is 49.1 Å². The quantitative estimate of drug-likeness (QED) is 0.315. The van der Waals surface area contributed by atoms with Crippen LogP contribution in [0, 0.1) is 17.7 Å². The minimum Gasteiger partial charge on any atom is -0.441 e. The Balaban J connectivity index is 1.23. The molecule has 4 aromatic rings. The smallest absolute Gasteiger partial charge is 0.413 e. The molecule has 1 fully saturated rings. The first kappa shape index (κ1) is 26.1. The number of nitrogens with zero attached hydrogens (tertiary/aromatic N) is 6. The van der Waals surface area contributed by atoms with Crippen LogP contribution in [-0.4, -0.2) is 41.9 Å². The van der Waals surface area contributed by atoms with E-state index in [4.69, 9.17) is 16.3 Å². The molecule has 4 heterocycles. The zero-order chi connectivity index (χ0) is 27.7. The minimum absolute atomic E-state index is 0.0390. The monoisotopic (exact) mass is 554 g/mol. The van der Waals surface area contributed by atoms with Gasteiger partial charge in [-0.3, -0.25) is 20.1 Å². The maximum Gasteiger partial charge on any atom is 0.413 e. The van der Waals surface area contributed by atoms with E-state index < -0.39 is 24.0 Å². The second-order valence-corrected chi connectivity index (χ2v) is 9.29. The van der Waals surface area contributed by atoms with Crippen molar-refractivity contribution >= 4 is 35.1 Å². The van der Waals surface area contributed by atoms with E-state index in [1.165, 1.54) is 17.8 Å². The van der Waals surface area contributed by atoms with Gasteiger partial charge < -0.3 is 10.1 Å². The predicted molar refractivity (Wildman–Crippen MR) is 136 cm³/mol. The summed E-state index contributed by atoms with van der Waals surface area (Å²) in [4.78, 5) is 36.8. The normalized spacial score (nSPS) is 16.8. The van der Waals surface area contributed by atoms with Crippen molar-refractivity contribution < 1.29 is 23.1 Å². The lowest BCUT2D eigenvalue weighted by Crippen LogP contribution is -2.19. The summed E-state index contributed by atoms with van der Waals surface area (Å²) < 4.78 is 33.8. The predicted octanol–water partition coefficient (Wildman–Crippen LogP) is 4.65. The van der Waals surface area contributed by atoms with E-state index >= 15 is 0 Å². The number of ether oxygens (including phenoxy) is 1. The van der Waals surface area contributed by atoms with Crippen LogP contribution in [0.1, 0.15) is 36.5 Å². The molecule has 3 atom stereocenters. The maximum atomic E-state index is 13.9. The zero-order valence-corrected chi connectivity index (χ0v) is 21.4. The van der Waals surface area contributed by atoms with Crippen molar-refractivity contribution in [1.82, 2.24) is 29.9 Å². The van der Waals surface area contributed by atoms with Crippen molar-refractivity contribution in [3.05, 3.63) is 77.0 Å². The zero-order valence-electron chi connectivity index (χ0n) is 20.6. The van der Waals surface area contributed by atoms with Crippen LogP contribution in [0.2, 0.25) is 5.02 Å². The molecule has 0 aromatic carbocycles. The molecule has 0 spiro atoms. The number of amides is 2. The van der Waals surface area contributed by atoms with Crippen molar-refractivity contribution in [2.45, 2.75) is 25.4 Å². The number of nitrogens with one attached hydrogen (secondary N) is 2. The van der Waals surface area contributed by atoms with Gasteiger partial charge in [0.05, 0.1) is 34.4 Å². The Morgan fingerprint density at radius 1 is 1.15 bits per heavy atom. The molecular weight excluding hydrogens is 534 g/mol. The van der Waals surface area contributed by atoms with Crippen LogP contribution in [0.4, 0.5) is 25.1 Å². The number of halogens is 3. The molecule has 0 saturated heterocycles. The number of rotatable bonds is 7. The number of hydrogen-bond acceptors (Lipinski definition) is 8. The number of carbonyl (C=O) groups excluding carboxylic acids is 2. The Morgan fingerprint density at radius 2 is 1.97 bits per heavy atom. The average molecular weight is 555 g/mol. The van der Waals surface area contributed by atoms with Crippen molar-refractivity contribution in [2.24, 2.45) is 13.0 Å². The number of aryl methyl sites for hydroxylation is 1. The molecule has 2 amide bonds. The number of pyridine rings is 3. The molecule has 0 bridgehead atoms. The largest absolute Gasteiger partial charge is 0.441 e. The van der Waals surface area contributed by atoms with Gasteiger partial charge in [-0.2, -0.15) is 4.39 Å². The van der Waals surface area contributed by atoms with Crippen LogP contribution in [-0.2, 0) is 16.6 Å². The van der Waals surface area contributed by atoms with Gasteiger partial charge in [0.1, 0.15) is 11.9 Å². The van der Waals surface area contributed by atoms with Gasteiger partial charge in [-0.1, -0.05) is 16.8 Å². The molecule has 5 rings (SSSR count). The molecule has 0 radical (unpaired) electrons. The van der Waals surface area contributed by atoms with Gasteiger partial charge in [0.2, 0.25) is 11.9 Å². The fraction of sp³-hybridized carbons (Fsp3) is 0.240. The average Bonchev–Trinajstić information content (AvgIpc) is 3.63. The maximum absolute atomic E-state index is 13.9. The Bertz CT molecular complexity index is 1550. The van der Waals surface area contributed by atoms with Crippen LogP contribution in [0.15, 0.2) is 49.1 Å². The number of anilines is 2. The third kappa shape index (κ3) is 5.67. The summed E-state index contributed by atoms with van der Waals surface area (Å²) in [5, 5.41) is 13.8. The van der Waals surface area contributed by atoms with Crippen molar-refractivity contribution in [3.63, 3.8) is 0 Å². The lowest BCUT2D eigenvalue weighted by Gasteiger charge is -2.15. The molecule has 1 aliphatic rings. The second kappa shape index (κ2) is 10.7. The highest BCUT2D eigenvalue weighted by atomic mass is 35.5. The van der Waals surface area contributed by atoms with E-state index in [1.54, 1.807) is 31.6 Å². The fourth-order valence-electron chi connectivity index (χ4n) is 4.10. The summed E-state index contributed by atoms with van der Waals surface area (Å²) in [6.07, 6.45) is 4.01. The molecule has 2 unspecified atom stereocenters. The lowest BCUT2D eigenvalue weighted by atomic mass is 10.1. The summed E-state index contributed by atoms with van der Waals surface area (Å²) in [5.41, 5.74) is 1.75. The fourth-order valence-corrected chi connectivity index (χ4v) is 4.36. The third-order valence-corrected chi connectivity index (χ3v) is 6.52. The standard InChI is InChI=1S/C25H21ClF2N8O3/c1-12(16-7-13(27)9-31-22(16)28)39-25(38)33-23-21(34-35-36(23)2)20-4-3-14(10-30-20)32-24(37)18-8-17(18)15-5-6-29-11-19(15)26/h3-7,9-12,17-18H,8H2,1-2H3,(H,32,37)(H,33,38)/t12-,17?,18?/m1/s1. The highest BCUT2D eigenvalue weighted by Crippen LogP contribution is 2.49. The molecule has 1 aliphatic carbocycles. The van der Waals surface area contributed by atoms with Crippen LogP contribution in [0.5, 0.6) is 0 Å². The number of carbonyl (C=O) groups is 2. The molecular formula is C25H21ClF2N8O3. The minimum atomic E-state index is -1.13. The van der Waals surface area contributed by atoms with E-state index in [1.807, 2.05) is 6.07 Å². The van der Waals surface area contributed by atoms with Crippen molar-refractivity contribution in [2.75, 3.05) is 10.6 Å². The first-order chi connectivity index (χ1) is 18.7. The first-order valence-electron chi connectivity index (χ1n) is 11.8. The topological polar surface area (TPSA) is 137 Å². The Hall–Kier alpha value is -4.52. The number of hydrogen-bond donors (Lipinski definition) is 2. The van der Waals surface area contributed by atoms with Gasteiger partial charge >= 0.3 is 6.09 Å². The third-order valence-electron chi connectivity index (χ3n) is 6.21. The van der Waals surface area contributed by atoms with E-state index in [0.717, 1.165) is 17.8 Å². The van der Waals surface area contributed by atoms with Gasteiger partial charge in [-0.15, -0.1) is 5.10 Å². The highest BCUT2D eigenvalue weighted by molar-refractivity contribution is 6.31. The van der Waals surface area contributed by atoms with Crippen molar-refractivity contribution in [3.8, 4) is 11.4 Å². The van der Waals surface area contributed by atoms with Gasteiger partial charge in [0.15, 0.2) is 11.5 Å². The summed E-state index contributed by atoms with van der Waals surface area (Å²) in [5.74, 6) is -1.87. The molecule has 11 nitrogen and oxygen atoms in total. The molecule has 14 heteroatoms. The molecule has 2 N–H and O–H groups in total. The van der Waals surface area contributed by atoms with Crippen LogP contribution in [0.25, 0.3) is 11.4 Å². The summed E-state index contributed by atoms with van der Waals surface area (Å²) in [6, 6.07) is 5.97. The number of aromatic nitrogens is 6. The molecule has 4 aromatic heterocycles. The van der Waals surface area contributed by atoms with E-state index in [9.17, 15) is 18.4 Å². The van der Waals surface area contributed by atoms with E-state index in [2.05, 4.69) is 35.9 Å². The van der Waals surface area contributed by atoms with E-state index in [-0.39, 0.29) is 34.8 Å². The summed E-state index contributed by atoms with van der Waals surface area (Å²) in [6.45, 7) is 1.38. The molecule has 0 aliphatic heterocycles. The van der Waals surface area contributed by atoms with Crippen LogP contribution < -0.4 is 10.6 Å².